The lowest BCUT2D eigenvalue weighted by atomic mass is 10.1. The molecule has 0 saturated carbocycles. The molecule has 0 radical (unpaired) electrons. The lowest BCUT2D eigenvalue weighted by Crippen LogP contribution is -2.19. The van der Waals surface area contributed by atoms with Gasteiger partial charge in [-0.25, -0.2) is 13.2 Å². The summed E-state index contributed by atoms with van der Waals surface area (Å²) in [6.07, 6.45) is 0. The predicted molar refractivity (Wildman–Crippen MR) is 68.0 cm³/mol. The van der Waals surface area contributed by atoms with Crippen LogP contribution < -0.4 is 5.32 Å². The van der Waals surface area contributed by atoms with Gasteiger partial charge in [-0.2, -0.15) is 0 Å². The molecule has 2 aromatic rings. The van der Waals surface area contributed by atoms with Crippen molar-refractivity contribution in [2.75, 3.05) is 0 Å². The minimum absolute atomic E-state index is 0.273. The van der Waals surface area contributed by atoms with Crippen LogP contribution in [0.3, 0.4) is 0 Å². The topological polar surface area (TPSA) is 12.0 Å². The molecule has 0 aliphatic rings. The van der Waals surface area contributed by atoms with Gasteiger partial charge in [-0.3, -0.25) is 0 Å². The van der Waals surface area contributed by atoms with Gasteiger partial charge < -0.3 is 5.32 Å². The van der Waals surface area contributed by atoms with Crippen molar-refractivity contribution in [1.82, 2.24) is 5.32 Å². The van der Waals surface area contributed by atoms with Gasteiger partial charge in [-0.05, 0) is 30.7 Å². The monoisotopic (exact) mass is 265 g/mol. The van der Waals surface area contributed by atoms with Crippen molar-refractivity contribution in [3.05, 3.63) is 71.0 Å². The lowest BCUT2D eigenvalue weighted by molar-refractivity contribution is 0.530. The van der Waals surface area contributed by atoms with E-state index in [2.05, 4.69) is 5.32 Å². The number of benzene rings is 2. The van der Waals surface area contributed by atoms with Crippen molar-refractivity contribution in [1.29, 1.82) is 0 Å². The van der Waals surface area contributed by atoms with Crippen molar-refractivity contribution in [2.24, 2.45) is 0 Å². The molecule has 0 spiro atoms. The van der Waals surface area contributed by atoms with E-state index in [0.717, 1.165) is 6.07 Å². The van der Waals surface area contributed by atoms with Crippen molar-refractivity contribution >= 4 is 0 Å². The molecule has 1 nitrogen and oxygen atoms in total. The summed E-state index contributed by atoms with van der Waals surface area (Å²) in [5.74, 6) is -1.53. The fourth-order valence-electron chi connectivity index (χ4n) is 1.85. The Bertz CT molecular complexity index is 549. The van der Waals surface area contributed by atoms with Crippen molar-refractivity contribution in [3.8, 4) is 0 Å². The molecule has 19 heavy (non-hydrogen) atoms. The third-order valence-corrected chi connectivity index (χ3v) is 2.94. The minimum atomic E-state index is -0.616. The van der Waals surface area contributed by atoms with Gasteiger partial charge in [0.2, 0.25) is 0 Å². The second kappa shape index (κ2) is 5.89. The largest absolute Gasteiger partial charge is 0.306 e. The molecule has 1 atom stereocenters. The van der Waals surface area contributed by atoms with E-state index in [-0.39, 0.29) is 11.9 Å². The van der Waals surface area contributed by atoms with Crippen LogP contribution in [0.4, 0.5) is 13.2 Å². The molecule has 1 N–H and O–H groups in total. The second-order valence-corrected chi connectivity index (χ2v) is 4.40. The Labute approximate surface area is 110 Å². The molecular formula is C15H14F3N. The SMILES string of the molecule is CC(NCc1ccccc1F)c1cc(F)cc(F)c1. The third-order valence-electron chi connectivity index (χ3n) is 2.94. The fraction of sp³-hybridized carbons (Fsp3) is 0.200. The highest BCUT2D eigenvalue weighted by Crippen LogP contribution is 2.17. The normalized spacial score (nSPS) is 12.4. The van der Waals surface area contributed by atoms with E-state index >= 15 is 0 Å². The molecule has 0 aliphatic carbocycles. The van der Waals surface area contributed by atoms with Gasteiger partial charge in [0.05, 0.1) is 0 Å². The first kappa shape index (κ1) is 13.6. The van der Waals surface area contributed by atoms with Crippen LogP contribution in [0.1, 0.15) is 24.1 Å². The number of nitrogens with one attached hydrogen (secondary N) is 1. The zero-order valence-corrected chi connectivity index (χ0v) is 10.5. The van der Waals surface area contributed by atoms with E-state index in [4.69, 9.17) is 0 Å². The zero-order valence-electron chi connectivity index (χ0n) is 10.5. The Hall–Kier alpha value is -1.81. The van der Waals surface area contributed by atoms with Crippen molar-refractivity contribution in [2.45, 2.75) is 19.5 Å². The molecule has 1 unspecified atom stereocenters. The summed E-state index contributed by atoms with van der Waals surface area (Å²) in [7, 11) is 0. The molecule has 0 aromatic heterocycles. The molecule has 0 fully saturated rings. The van der Waals surface area contributed by atoms with Crippen LogP contribution in [0.25, 0.3) is 0 Å². The first-order valence-corrected chi connectivity index (χ1v) is 5.99. The summed E-state index contributed by atoms with van der Waals surface area (Å²) in [6.45, 7) is 2.07. The molecule has 2 aromatic carbocycles. The van der Waals surface area contributed by atoms with E-state index in [1.165, 1.54) is 18.2 Å². The number of rotatable bonds is 4. The van der Waals surface area contributed by atoms with Gasteiger partial charge in [0.25, 0.3) is 0 Å². The van der Waals surface area contributed by atoms with Gasteiger partial charge in [-0.15, -0.1) is 0 Å². The van der Waals surface area contributed by atoms with Crippen LogP contribution in [0.5, 0.6) is 0 Å². The van der Waals surface area contributed by atoms with Gasteiger partial charge in [0.1, 0.15) is 17.5 Å². The molecule has 2 rings (SSSR count). The van der Waals surface area contributed by atoms with Crippen LogP contribution in [0.15, 0.2) is 42.5 Å². The molecule has 4 heteroatoms. The summed E-state index contributed by atoms with van der Waals surface area (Å²) in [6, 6.07) is 9.49. The van der Waals surface area contributed by atoms with E-state index < -0.39 is 11.6 Å². The highest BCUT2D eigenvalue weighted by atomic mass is 19.1. The third kappa shape index (κ3) is 3.58. The first-order valence-electron chi connectivity index (χ1n) is 5.99. The van der Waals surface area contributed by atoms with Crippen molar-refractivity contribution < 1.29 is 13.2 Å². The standard InChI is InChI=1S/C15H14F3N/c1-10(12-6-13(16)8-14(17)7-12)19-9-11-4-2-3-5-15(11)18/h2-8,10,19H,9H2,1H3. The van der Waals surface area contributed by atoms with E-state index in [0.29, 0.717) is 17.7 Å². The summed E-state index contributed by atoms with van der Waals surface area (Å²) in [5, 5.41) is 3.04. The van der Waals surface area contributed by atoms with Crippen LogP contribution in [0, 0.1) is 17.5 Å². The summed E-state index contributed by atoms with van der Waals surface area (Å²) in [5.41, 5.74) is 1.01. The predicted octanol–water partition coefficient (Wildman–Crippen LogP) is 3.95. The maximum absolute atomic E-state index is 13.4. The number of hydrogen-bond acceptors (Lipinski definition) is 1. The molecule has 0 aliphatic heterocycles. The Morgan fingerprint density at radius 1 is 1.00 bits per heavy atom. The number of hydrogen-bond donors (Lipinski definition) is 1. The van der Waals surface area contributed by atoms with Crippen LogP contribution >= 0.6 is 0 Å². The van der Waals surface area contributed by atoms with Gasteiger partial charge in [0, 0.05) is 24.2 Å². The zero-order chi connectivity index (χ0) is 13.8. The van der Waals surface area contributed by atoms with Crippen molar-refractivity contribution in [3.63, 3.8) is 0 Å². The molecular weight excluding hydrogens is 251 g/mol. The van der Waals surface area contributed by atoms with Gasteiger partial charge in [0.15, 0.2) is 0 Å². The van der Waals surface area contributed by atoms with Crippen LogP contribution in [-0.4, -0.2) is 0 Å². The summed E-state index contributed by atoms with van der Waals surface area (Å²) < 4.78 is 39.6. The Kier molecular flexibility index (Phi) is 4.22. The van der Waals surface area contributed by atoms with Crippen LogP contribution in [-0.2, 0) is 6.54 Å². The van der Waals surface area contributed by atoms with E-state index in [1.54, 1.807) is 25.1 Å². The average Bonchev–Trinajstić information content (AvgIpc) is 2.36. The fourth-order valence-corrected chi connectivity index (χ4v) is 1.85. The Morgan fingerprint density at radius 3 is 2.26 bits per heavy atom. The average molecular weight is 265 g/mol. The van der Waals surface area contributed by atoms with E-state index in [9.17, 15) is 13.2 Å². The Morgan fingerprint density at radius 2 is 1.63 bits per heavy atom. The first-order chi connectivity index (χ1) is 9.06. The Balaban J connectivity index is 2.05. The molecule has 0 amide bonds. The second-order valence-electron chi connectivity index (χ2n) is 4.40. The maximum Gasteiger partial charge on any atom is 0.127 e. The minimum Gasteiger partial charge on any atom is -0.306 e. The highest BCUT2D eigenvalue weighted by molar-refractivity contribution is 5.22. The molecule has 0 bridgehead atoms. The van der Waals surface area contributed by atoms with Gasteiger partial charge in [-0.1, -0.05) is 18.2 Å². The summed E-state index contributed by atoms with van der Waals surface area (Å²) >= 11 is 0. The van der Waals surface area contributed by atoms with E-state index in [1.807, 2.05) is 0 Å². The molecule has 100 valence electrons. The molecule has 0 saturated heterocycles. The van der Waals surface area contributed by atoms with Gasteiger partial charge >= 0.3 is 0 Å². The maximum atomic E-state index is 13.4. The lowest BCUT2D eigenvalue weighted by Gasteiger charge is -2.15. The molecule has 0 heterocycles. The summed E-state index contributed by atoms with van der Waals surface area (Å²) in [4.78, 5) is 0. The quantitative estimate of drug-likeness (QED) is 0.882. The number of halogens is 3. The highest BCUT2D eigenvalue weighted by Gasteiger charge is 2.09. The van der Waals surface area contributed by atoms with Crippen LogP contribution in [0.2, 0.25) is 0 Å². The smallest absolute Gasteiger partial charge is 0.127 e.